The number of rotatable bonds is 8. The second-order valence-corrected chi connectivity index (χ2v) is 12.6. The predicted molar refractivity (Wildman–Crippen MR) is 164 cm³/mol. The number of carbonyl (C=O) groups is 1. The van der Waals surface area contributed by atoms with Crippen LogP contribution in [0.2, 0.25) is 0 Å². The first-order valence-corrected chi connectivity index (χ1v) is 15.5. The maximum absolute atomic E-state index is 14.4. The highest BCUT2D eigenvalue weighted by molar-refractivity contribution is 5.83. The lowest BCUT2D eigenvalue weighted by Gasteiger charge is -2.37. The minimum absolute atomic E-state index is 0.0232. The fourth-order valence-corrected chi connectivity index (χ4v) is 6.84. The Hall–Kier alpha value is -4.41. The molecule has 17 heteroatoms. The second-order valence-electron chi connectivity index (χ2n) is 12.6. The fourth-order valence-electron chi connectivity index (χ4n) is 6.84. The third kappa shape index (κ3) is 8.25. The van der Waals surface area contributed by atoms with Crippen LogP contribution in [0.5, 0.6) is 0 Å². The van der Waals surface area contributed by atoms with Crippen LogP contribution in [0.1, 0.15) is 60.8 Å². The molecule has 0 unspecified atom stereocenters. The summed E-state index contributed by atoms with van der Waals surface area (Å²) >= 11 is 0. The molecule has 9 nitrogen and oxygen atoms in total. The van der Waals surface area contributed by atoms with Gasteiger partial charge in [-0.05, 0) is 80.3 Å². The SMILES string of the molecule is CN(N)/N=C(\N)N(Cc1cc(C(F)(F)F)cc(C(F)(F)F)c1)Cc1cc2cc(F)c(F)cc2nc1N1CCC[C@@H]1[C@H]1CC[C@H](C(=O)O)CC1. The number of benzene rings is 2. The van der Waals surface area contributed by atoms with E-state index in [-0.39, 0.29) is 47.0 Å². The first-order chi connectivity index (χ1) is 22.9. The van der Waals surface area contributed by atoms with Gasteiger partial charge in [-0.15, -0.1) is 5.10 Å². The Bertz CT molecular complexity index is 1690. The van der Waals surface area contributed by atoms with Crippen LogP contribution >= 0.6 is 0 Å². The lowest BCUT2D eigenvalue weighted by Crippen LogP contribution is -2.41. The normalized spacial score (nSPS) is 20.6. The first kappa shape index (κ1) is 35.9. The van der Waals surface area contributed by atoms with Crippen molar-refractivity contribution in [2.24, 2.45) is 28.5 Å². The molecular weight excluding hydrogens is 666 g/mol. The quantitative estimate of drug-likeness (QED) is 0.0806. The summed E-state index contributed by atoms with van der Waals surface area (Å²) in [5.74, 6) is 2.19. The van der Waals surface area contributed by atoms with E-state index in [4.69, 9.17) is 16.6 Å². The summed E-state index contributed by atoms with van der Waals surface area (Å²) in [6, 6.07) is 4.52. The average Bonchev–Trinajstić information content (AvgIpc) is 3.50. The third-order valence-corrected chi connectivity index (χ3v) is 9.12. The number of aliphatic carboxylic acids is 1. The topological polar surface area (TPSA) is 124 Å². The molecule has 1 aliphatic heterocycles. The molecule has 0 amide bonds. The van der Waals surface area contributed by atoms with Gasteiger partial charge < -0.3 is 20.6 Å². The van der Waals surface area contributed by atoms with Gasteiger partial charge in [0.25, 0.3) is 0 Å². The van der Waals surface area contributed by atoms with E-state index in [1.54, 1.807) is 0 Å². The molecule has 2 heterocycles. The molecule has 1 saturated heterocycles. The minimum atomic E-state index is -5.08. The molecule has 5 rings (SSSR count). The highest BCUT2D eigenvalue weighted by Gasteiger charge is 2.39. The molecule has 1 saturated carbocycles. The summed E-state index contributed by atoms with van der Waals surface area (Å²) in [6.07, 6.45) is -6.39. The number of fused-ring (bicyclic) bond motifs is 1. The van der Waals surface area contributed by atoms with Crippen LogP contribution in [0.3, 0.4) is 0 Å². The maximum atomic E-state index is 14.4. The summed E-state index contributed by atoms with van der Waals surface area (Å²) in [5, 5.41) is 14.4. The third-order valence-electron chi connectivity index (χ3n) is 9.12. The van der Waals surface area contributed by atoms with E-state index in [2.05, 4.69) is 5.10 Å². The van der Waals surface area contributed by atoms with Crippen molar-refractivity contribution >= 4 is 28.6 Å². The molecule has 1 aliphatic carbocycles. The van der Waals surface area contributed by atoms with Gasteiger partial charge in [0.2, 0.25) is 5.96 Å². The van der Waals surface area contributed by atoms with E-state index < -0.39 is 53.5 Å². The highest BCUT2D eigenvalue weighted by atomic mass is 19.4. The first-order valence-electron chi connectivity index (χ1n) is 15.5. The zero-order valence-corrected chi connectivity index (χ0v) is 26.3. The summed E-state index contributed by atoms with van der Waals surface area (Å²) < 4.78 is 111. The van der Waals surface area contributed by atoms with Crippen molar-refractivity contribution in [3.05, 3.63) is 70.3 Å². The van der Waals surface area contributed by atoms with Crippen molar-refractivity contribution in [1.82, 2.24) is 15.0 Å². The Balaban J connectivity index is 1.59. The number of nitrogens with zero attached hydrogens (tertiary/aromatic N) is 5. The number of hydrogen-bond acceptors (Lipinski definition) is 6. The molecule has 3 aromatic rings. The van der Waals surface area contributed by atoms with Crippen molar-refractivity contribution < 1.29 is 45.0 Å². The van der Waals surface area contributed by atoms with E-state index in [1.165, 1.54) is 18.0 Å². The summed E-state index contributed by atoms with van der Waals surface area (Å²) in [7, 11) is 1.31. The smallest absolute Gasteiger partial charge is 0.416 e. The van der Waals surface area contributed by atoms with Gasteiger partial charge in [0.05, 0.1) is 22.6 Å². The Morgan fingerprint density at radius 3 is 2.12 bits per heavy atom. The molecule has 2 fully saturated rings. The largest absolute Gasteiger partial charge is 0.481 e. The molecule has 2 aliphatic rings. The summed E-state index contributed by atoms with van der Waals surface area (Å²) in [4.78, 5) is 19.5. The Morgan fingerprint density at radius 2 is 1.55 bits per heavy atom. The second kappa shape index (κ2) is 13.8. The number of halogens is 8. The van der Waals surface area contributed by atoms with Gasteiger partial charge in [0.1, 0.15) is 5.82 Å². The molecule has 266 valence electrons. The van der Waals surface area contributed by atoms with Crippen LogP contribution < -0.4 is 16.5 Å². The standard InChI is InChI=1S/C32H35F8N7O2/c1-45(42)44-30(41)46(15-17-9-22(31(35,36)37)13-23(10-17)32(38,39)40)16-21-11-20-12-24(33)25(34)14-26(20)43-28(21)47-8-2-3-27(47)18-4-6-19(7-5-18)29(48)49/h9-14,18-19,27H,2-8,15-16,42H2,1H3,(H2,41,44)(H,48,49)/t18-,19-,27-/m1/s1. The minimum Gasteiger partial charge on any atom is -0.481 e. The Morgan fingerprint density at radius 1 is 0.939 bits per heavy atom. The number of hydrazine groups is 1. The van der Waals surface area contributed by atoms with Gasteiger partial charge in [-0.25, -0.2) is 24.7 Å². The van der Waals surface area contributed by atoms with Gasteiger partial charge in [-0.2, -0.15) is 26.3 Å². The van der Waals surface area contributed by atoms with Crippen LogP contribution in [0.4, 0.5) is 40.9 Å². The van der Waals surface area contributed by atoms with Gasteiger partial charge in [-0.1, -0.05) is 0 Å². The summed E-state index contributed by atoms with van der Waals surface area (Å²) in [6.45, 7) is -0.336. The zero-order chi connectivity index (χ0) is 35.8. The molecule has 1 atom stereocenters. The Kier molecular flexibility index (Phi) is 10.1. The number of hydrogen-bond donors (Lipinski definition) is 3. The molecule has 0 spiro atoms. The monoisotopic (exact) mass is 701 g/mol. The number of nitrogens with two attached hydrogens (primary N) is 2. The molecule has 1 aromatic heterocycles. The number of alkyl halides is 6. The van der Waals surface area contributed by atoms with E-state index in [0.29, 0.717) is 55.7 Å². The predicted octanol–water partition coefficient (Wildman–Crippen LogP) is 6.45. The van der Waals surface area contributed by atoms with E-state index >= 15 is 0 Å². The molecule has 0 bridgehead atoms. The molecule has 49 heavy (non-hydrogen) atoms. The van der Waals surface area contributed by atoms with Crippen molar-refractivity contribution in [2.75, 3.05) is 18.5 Å². The number of hydrazone groups is 1. The number of aromatic nitrogens is 1. The Labute approximate surface area is 276 Å². The molecule has 5 N–H and O–H groups in total. The lowest BCUT2D eigenvalue weighted by molar-refractivity contribution is -0.144. The fraction of sp³-hybridized carbons (Fsp3) is 0.469. The van der Waals surface area contributed by atoms with E-state index in [1.807, 2.05) is 4.90 Å². The van der Waals surface area contributed by atoms with Crippen molar-refractivity contribution in [2.45, 2.75) is 70.0 Å². The molecular formula is C32H35F8N7O2. The number of carboxylic acids is 1. The number of pyridine rings is 1. The van der Waals surface area contributed by atoms with Gasteiger partial charge >= 0.3 is 18.3 Å². The lowest BCUT2D eigenvalue weighted by atomic mass is 9.78. The highest BCUT2D eigenvalue weighted by Crippen LogP contribution is 2.41. The van der Waals surface area contributed by atoms with Crippen LogP contribution in [0.25, 0.3) is 10.9 Å². The van der Waals surface area contributed by atoms with Crippen molar-refractivity contribution in [3.63, 3.8) is 0 Å². The van der Waals surface area contributed by atoms with Crippen LogP contribution in [0.15, 0.2) is 41.5 Å². The molecule has 2 aromatic carbocycles. The maximum Gasteiger partial charge on any atom is 0.416 e. The van der Waals surface area contributed by atoms with Crippen LogP contribution in [-0.2, 0) is 30.2 Å². The zero-order valence-electron chi connectivity index (χ0n) is 26.3. The van der Waals surface area contributed by atoms with Crippen LogP contribution in [0, 0.1) is 23.5 Å². The number of carboxylic acid groups (broad SMARTS) is 1. The summed E-state index contributed by atoms with van der Waals surface area (Å²) in [5.41, 5.74) is 3.32. The van der Waals surface area contributed by atoms with Crippen molar-refractivity contribution in [3.8, 4) is 0 Å². The van der Waals surface area contributed by atoms with Gasteiger partial charge in [0, 0.05) is 49.7 Å². The van der Waals surface area contributed by atoms with E-state index in [9.17, 15) is 45.0 Å². The van der Waals surface area contributed by atoms with Gasteiger partial charge in [0.15, 0.2) is 11.6 Å². The molecule has 0 radical (unpaired) electrons. The number of guanidine groups is 1. The number of anilines is 1. The van der Waals surface area contributed by atoms with E-state index in [0.717, 1.165) is 30.1 Å². The van der Waals surface area contributed by atoms with Crippen molar-refractivity contribution in [1.29, 1.82) is 0 Å². The van der Waals surface area contributed by atoms with Crippen LogP contribution in [-0.4, -0.2) is 51.7 Å². The average molecular weight is 702 g/mol. The van der Waals surface area contributed by atoms with Gasteiger partial charge in [-0.3, -0.25) is 4.79 Å².